The molecule has 1 N–H and O–H groups in total. The van der Waals surface area contributed by atoms with E-state index in [1.807, 2.05) is 12.1 Å². The summed E-state index contributed by atoms with van der Waals surface area (Å²) in [6.45, 7) is 0.617. The van der Waals surface area contributed by atoms with Gasteiger partial charge in [-0.05, 0) is 50.1 Å². The van der Waals surface area contributed by atoms with E-state index in [1.165, 1.54) is 0 Å². The molecule has 2 heterocycles. The zero-order valence-corrected chi connectivity index (χ0v) is 13.0. The maximum atomic E-state index is 12.0. The van der Waals surface area contributed by atoms with Crippen molar-refractivity contribution in [1.82, 2.24) is 9.88 Å². The lowest BCUT2D eigenvalue weighted by Gasteiger charge is -2.14. The number of hydrogen-bond acceptors (Lipinski definition) is 2. The summed E-state index contributed by atoms with van der Waals surface area (Å²) < 4.78 is 1.96. The number of carbonyl (C=O) groups excluding carboxylic acids is 1. The largest absolute Gasteiger partial charge is 0.356 e. The Morgan fingerprint density at radius 2 is 2.24 bits per heavy atom. The van der Waals surface area contributed by atoms with Gasteiger partial charge in [0.1, 0.15) is 5.69 Å². The number of thiophene rings is 1. The lowest BCUT2D eigenvalue weighted by atomic mass is 10.3. The molecule has 6 heteroatoms. The number of nitrogens with zero attached hydrogens (tertiary/aromatic N) is 1. The van der Waals surface area contributed by atoms with Gasteiger partial charge in [0.25, 0.3) is 5.91 Å². The first-order chi connectivity index (χ1) is 8.06. The third-order valence-corrected chi connectivity index (χ3v) is 4.31. The summed E-state index contributed by atoms with van der Waals surface area (Å²) in [5.74, 6) is -0.0137. The second-order valence-corrected chi connectivity index (χ2v) is 7.06. The first kappa shape index (κ1) is 12.9. The van der Waals surface area contributed by atoms with Crippen LogP contribution in [0.25, 0.3) is 0 Å². The number of halogens is 2. The van der Waals surface area contributed by atoms with Crippen LogP contribution in [0, 0.1) is 0 Å². The van der Waals surface area contributed by atoms with Gasteiger partial charge in [0.05, 0.1) is 10.3 Å². The maximum Gasteiger partial charge on any atom is 0.270 e. The highest BCUT2D eigenvalue weighted by Gasteiger charge is 2.14. The molecule has 0 fully saturated rings. The Kier molecular flexibility index (Phi) is 4.06. The van der Waals surface area contributed by atoms with Crippen LogP contribution in [0.3, 0.4) is 0 Å². The normalized spacial score (nSPS) is 10.5. The summed E-state index contributed by atoms with van der Waals surface area (Å²) in [4.78, 5) is 17.8. The van der Waals surface area contributed by atoms with Gasteiger partial charge in [-0.3, -0.25) is 4.79 Å². The van der Waals surface area contributed by atoms with Crippen molar-refractivity contribution in [2.75, 3.05) is 7.05 Å². The number of hydrogen-bond donors (Lipinski definition) is 1. The first-order valence-corrected chi connectivity index (χ1v) is 7.30. The third kappa shape index (κ3) is 3.20. The molecule has 0 spiro atoms. The molecular formula is C11H10Br2N2OS. The molecule has 0 unspecified atom stereocenters. The minimum atomic E-state index is -0.0137. The van der Waals surface area contributed by atoms with Crippen LogP contribution in [0.1, 0.15) is 15.4 Å². The summed E-state index contributed by atoms with van der Waals surface area (Å²) in [5, 5.41) is 0. The Morgan fingerprint density at radius 1 is 1.47 bits per heavy atom. The quantitative estimate of drug-likeness (QED) is 0.865. The smallest absolute Gasteiger partial charge is 0.270 e. The zero-order chi connectivity index (χ0) is 12.4. The van der Waals surface area contributed by atoms with Crippen molar-refractivity contribution in [2.45, 2.75) is 6.54 Å². The summed E-state index contributed by atoms with van der Waals surface area (Å²) >= 11 is 8.36. The predicted molar refractivity (Wildman–Crippen MR) is 76.3 cm³/mol. The van der Waals surface area contributed by atoms with Gasteiger partial charge in [-0.25, -0.2) is 0 Å². The molecule has 0 aliphatic carbocycles. The summed E-state index contributed by atoms with van der Waals surface area (Å²) in [7, 11) is 1.80. The minimum absolute atomic E-state index is 0.0137. The summed E-state index contributed by atoms with van der Waals surface area (Å²) in [6, 6.07) is 5.79. The molecule has 0 saturated heterocycles. The van der Waals surface area contributed by atoms with Crippen molar-refractivity contribution >= 4 is 49.1 Å². The number of nitrogens with one attached hydrogen (secondary N) is 1. The number of rotatable bonds is 3. The van der Waals surface area contributed by atoms with Crippen molar-refractivity contribution in [3.05, 3.63) is 43.2 Å². The third-order valence-electron chi connectivity index (χ3n) is 2.25. The van der Waals surface area contributed by atoms with Crippen LogP contribution in [0.5, 0.6) is 0 Å². The van der Waals surface area contributed by atoms with E-state index in [-0.39, 0.29) is 5.91 Å². The molecule has 0 atom stereocenters. The van der Waals surface area contributed by atoms with Gasteiger partial charge in [0.2, 0.25) is 0 Å². The van der Waals surface area contributed by atoms with Crippen molar-refractivity contribution in [3.63, 3.8) is 0 Å². The van der Waals surface area contributed by atoms with Crippen LogP contribution in [0.4, 0.5) is 0 Å². The van der Waals surface area contributed by atoms with E-state index in [1.54, 1.807) is 35.5 Å². The fourth-order valence-electron chi connectivity index (χ4n) is 1.44. The average Bonchev–Trinajstić information content (AvgIpc) is 2.87. The van der Waals surface area contributed by atoms with E-state index in [0.29, 0.717) is 12.2 Å². The first-order valence-electron chi connectivity index (χ1n) is 4.90. The van der Waals surface area contributed by atoms with Crippen LogP contribution in [-0.4, -0.2) is 22.8 Å². The van der Waals surface area contributed by atoms with Gasteiger partial charge >= 0.3 is 0 Å². The van der Waals surface area contributed by atoms with Gasteiger partial charge in [0, 0.05) is 22.6 Å². The van der Waals surface area contributed by atoms with Gasteiger partial charge in [-0.1, -0.05) is 0 Å². The van der Waals surface area contributed by atoms with Gasteiger partial charge in [-0.15, -0.1) is 11.3 Å². The number of aromatic nitrogens is 1. The molecule has 2 aromatic heterocycles. The molecular weight excluding hydrogens is 368 g/mol. The lowest BCUT2D eigenvalue weighted by Crippen LogP contribution is -2.26. The standard InChI is InChI=1S/C11H10Br2N2OS/c1-15(6-8-2-3-10(13)17-8)11(16)9-4-7(12)5-14-9/h2-5,14H,6H2,1H3. The molecule has 2 rings (SSSR count). The van der Waals surface area contributed by atoms with Crippen LogP contribution in [0.2, 0.25) is 0 Å². The van der Waals surface area contributed by atoms with E-state index in [2.05, 4.69) is 36.8 Å². The topological polar surface area (TPSA) is 36.1 Å². The highest BCUT2D eigenvalue weighted by atomic mass is 79.9. The SMILES string of the molecule is CN(Cc1ccc(Br)s1)C(=O)c1cc(Br)c[nH]1. The van der Waals surface area contributed by atoms with Crippen LogP contribution >= 0.6 is 43.2 Å². The lowest BCUT2D eigenvalue weighted by molar-refractivity contribution is 0.0781. The van der Waals surface area contributed by atoms with Crippen LogP contribution in [-0.2, 0) is 6.54 Å². The fraction of sp³-hybridized carbons (Fsp3) is 0.182. The molecule has 3 nitrogen and oxygen atoms in total. The molecule has 2 aromatic rings. The molecule has 90 valence electrons. The Morgan fingerprint density at radius 3 is 2.76 bits per heavy atom. The Balaban J connectivity index is 2.05. The van der Waals surface area contributed by atoms with E-state index in [9.17, 15) is 4.79 Å². The summed E-state index contributed by atoms with van der Waals surface area (Å²) in [6.07, 6.45) is 1.75. The number of amides is 1. The Hall–Kier alpha value is -0.590. The van der Waals surface area contributed by atoms with E-state index >= 15 is 0 Å². The molecule has 0 aliphatic rings. The zero-order valence-electron chi connectivity index (χ0n) is 9.04. The molecule has 1 amide bonds. The summed E-state index contributed by atoms with van der Waals surface area (Å²) in [5.41, 5.74) is 0.593. The van der Waals surface area contributed by atoms with Gasteiger partial charge in [-0.2, -0.15) is 0 Å². The molecule has 0 aromatic carbocycles. The second-order valence-electron chi connectivity index (χ2n) is 3.60. The van der Waals surface area contributed by atoms with Crippen molar-refractivity contribution in [3.8, 4) is 0 Å². The Labute approximate surface area is 120 Å². The van der Waals surface area contributed by atoms with Crippen molar-refractivity contribution in [2.24, 2.45) is 0 Å². The molecule has 0 bridgehead atoms. The predicted octanol–water partition coefficient (Wildman–Crippen LogP) is 3.87. The number of aromatic amines is 1. The monoisotopic (exact) mass is 376 g/mol. The second kappa shape index (κ2) is 5.37. The maximum absolute atomic E-state index is 12.0. The van der Waals surface area contributed by atoms with Crippen molar-refractivity contribution < 1.29 is 4.79 Å². The Bertz CT molecular complexity index is 535. The van der Waals surface area contributed by atoms with Crippen molar-refractivity contribution in [1.29, 1.82) is 0 Å². The van der Waals surface area contributed by atoms with E-state index < -0.39 is 0 Å². The highest BCUT2D eigenvalue weighted by molar-refractivity contribution is 9.11. The number of H-pyrrole nitrogens is 1. The van der Waals surface area contributed by atoms with E-state index in [0.717, 1.165) is 13.1 Å². The average molecular weight is 378 g/mol. The number of carbonyl (C=O) groups is 1. The van der Waals surface area contributed by atoms with Gasteiger partial charge in [0.15, 0.2) is 0 Å². The van der Waals surface area contributed by atoms with Crippen LogP contribution < -0.4 is 0 Å². The van der Waals surface area contributed by atoms with E-state index in [4.69, 9.17) is 0 Å². The molecule has 17 heavy (non-hydrogen) atoms. The molecule has 0 radical (unpaired) electrons. The highest BCUT2D eigenvalue weighted by Crippen LogP contribution is 2.23. The molecule has 0 saturated carbocycles. The minimum Gasteiger partial charge on any atom is -0.356 e. The fourth-order valence-corrected chi connectivity index (χ4v) is 3.32. The van der Waals surface area contributed by atoms with Gasteiger partial charge < -0.3 is 9.88 Å². The molecule has 0 aliphatic heterocycles. The van der Waals surface area contributed by atoms with Crippen LogP contribution in [0.15, 0.2) is 32.7 Å².